The number of hydrogen-bond acceptors (Lipinski definition) is 6. The van der Waals surface area contributed by atoms with Crippen LogP contribution in [-0.4, -0.2) is 49.4 Å². The molecule has 1 atom stereocenters. The van der Waals surface area contributed by atoms with Crippen LogP contribution in [0.25, 0.3) is 0 Å². The maximum absolute atomic E-state index is 12.5. The van der Waals surface area contributed by atoms with Crippen molar-refractivity contribution < 1.29 is 24.1 Å². The van der Waals surface area contributed by atoms with E-state index in [1.165, 1.54) is 7.11 Å². The van der Waals surface area contributed by atoms with Crippen molar-refractivity contribution >= 4 is 27.8 Å². The van der Waals surface area contributed by atoms with Crippen LogP contribution in [0.5, 0.6) is 5.75 Å². The van der Waals surface area contributed by atoms with Gasteiger partial charge in [-0.3, -0.25) is 0 Å². The summed E-state index contributed by atoms with van der Waals surface area (Å²) in [5, 5.41) is 8.81. The summed E-state index contributed by atoms with van der Waals surface area (Å²) in [6.45, 7) is 0.669. The van der Waals surface area contributed by atoms with E-state index in [1.807, 2.05) is 48.5 Å². The van der Waals surface area contributed by atoms with Crippen LogP contribution < -0.4 is 4.74 Å². The van der Waals surface area contributed by atoms with Crippen molar-refractivity contribution in [1.82, 2.24) is 0 Å². The van der Waals surface area contributed by atoms with E-state index in [2.05, 4.69) is 20.9 Å². The van der Waals surface area contributed by atoms with Gasteiger partial charge in [-0.1, -0.05) is 28.1 Å². The molecule has 0 aliphatic carbocycles. The van der Waals surface area contributed by atoms with Crippen molar-refractivity contribution in [1.29, 1.82) is 0 Å². The first-order valence-corrected chi connectivity index (χ1v) is 9.75. The number of nitrogens with zero attached hydrogens (tertiary/aromatic N) is 1. The predicted octanol–water partition coefficient (Wildman–Crippen LogP) is 3.14. The minimum Gasteiger partial charge on any atom is -0.494 e. The van der Waals surface area contributed by atoms with Crippen molar-refractivity contribution in [3.8, 4) is 5.75 Å². The molecule has 3 rings (SSSR count). The lowest BCUT2D eigenvalue weighted by molar-refractivity contribution is -0.147. The zero-order valence-corrected chi connectivity index (χ0v) is 17.1. The lowest BCUT2D eigenvalue weighted by Gasteiger charge is -2.21. The van der Waals surface area contributed by atoms with Gasteiger partial charge in [0, 0.05) is 29.5 Å². The van der Waals surface area contributed by atoms with E-state index in [-0.39, 0.29) is 13.2 Å². The Bertz CT molecular complexity index is 835. The third-order valence-electron chi connectivity index (χ3n) is 4.41. The van der Waals surface area contributed by atoms with Gasteiger partial charge in [-0.15, -0.1) is 0 Å². The number of methoxy groups -OCH3 is 1. The molecular formula is C21H22BrNO5. The molecule has 1 N–H and O–H groups in total. The lowest BCUT2D eigenvalue weighted by atomic mass is 9.92. The van der Waals surface area contributed by atoms with Gasteiger partial charge in [0.1, 0.15) is 12.4 Å². The first-order valence-electron chi connectivity index (χ1n) is 8.96. The molecule has 0 fully saturated rings. The Hall–Kier alpha value is -2.38. The first-order chi connectivity index (χ1) is 13.6. The number of rotatable bonds is 8. The molecule has 2 aromatic carbocycles. The fourth-order valence-electron chi connectivity index (χ4n) is 2.94. The monoisotopic (exact) mass is 447 g/mol. The number of carbonyl (C=O) groups is 1. The number of ether oxygens (including phenoxy) is 3. The average molecular weight is 448 g/mol. The van der Waals surface area contributed by atoms with Crippen LogP contribution in [0.3, 0.4) is 0 Å². The van der Waals surface area contributed by atoms with E-state index in [0.29, 0.717) is 31.1 Å². The molecule has 1 aliphatic rings. The van der Waals surface area contributed by atoms with Gasteiger partial charge in [0.25, 0.3) is 0 Å². The Morgan fingerprint density at radius 1 is 1.21 bits per heavy atom. The summed E-state index contributed by atoms with van der Waals surface area (Å²) in [6, 6.07) is 15.0. The lowest BCUT2D eigenvalue weighted by Crippen LogP contribution is -2.41. The zero-order valence-electron chi connectivity index (χ0n) is 15.6. The summed E-state index contributed by atoms with van der Waals surface area (Å²) in [6.07, 6.45) is 0.966. The Kier molecular flexibility index (Phi) is 6.70. The molecule has 0 bridgehead atoms. The molecule has 1 heterocycles. The van der Waals surface area contributed by atoms with Gasteiger partial charge in [-0.2, -0.15) is 0 Å². The van der Waals surface area contributed by atoms with E-state index < -0.39 is 11.5 Å². The zero-order chi connectivity index (χ0) is 20.0. The van der Waals surface area contributed by atoms with Gasteiger partial charge in [-0.25, -0.2) is 9.79 Å². The van der Waals surface area contributed by atoms with Crippen LogP contribution in [0, 0.1) is 0 Å². The summed E-state index contributed by atoms with van der Waals surface area (Å²) in [4.78, 5) is 17.1. The molecule has 0 aromatic heterocycles. The molecule has 0 saturated carbocycles. The first kappa shape index (κ1) is 20.4. The molecule has 28 heavy (non-hydrogen) atoms. The highest BCUT2D eigenvalue weighted by molar-refractivity contribution is 9.10. The molecule has 0 unspecified atom stereocenters. The van der Waals surface area contributed by atoms with Gasteiger partial charge < -0.3 is 19.3 Å². The second-order valence-corrected chi connectivity index (χ2v) is 7.40. The van der Waals surface area contributed by atoms with Crippen molar-refractivity contribution in [2.24, 2.45) is 4.99 Å². The number of carbonyl (C=O) groups excluding carboxylic acids is 1. The van der Waals surface area contributed by atoms with Crippen LogP contribution in [-0.2, 0) is 20.7 Å². The van der Waals surface area contributed by atoms with E-state index in [9.17, 15) is 4.79 Å². The molecule has 2 aromatic rings. The smallest absolute Gasteiger partial charge is 0.337 e. The average Bonchev–Trinajstić information content (AvgIpc) is 3.15. The highest BCUT2D eigenvalue weighted by Crippen LogP contribution is 2.29. The molecule has 0 spiro atoms. The van der Waals surface area contributed by atoms with Gasteiger partial charge in [-0.05, 0) is 42.0 Å². The Balaban J connectivity index is 1.80. The molecule has 1 aliphatic heterocycles. The number of benzene rings is 2. The number of hydrogen-bond donors (Lipinski definition) is 1. The van der Waals surface area contributed by atoms with Crippen molar-refractivity contribution in [3.63, 3.8) is 0 Å². The molecule has 6 nitrogen and oxygen atoms in total. The van der Waals surface area contributed by atoms with Crippen molar-refractivity contribution in [2.45, 2.75) is 18.4 Å². The molecule has 0 radical (unpaired) electrons. The summed E-state index contributed by atoms with van der Waals surface area (Å²) in [5.41, 5.74) is 0.625. The van der Waals surface area contributed by atoms with Gasteiger partial charge >= 0.3 is 5.97 Å². The van der Waals surface area contributed by atoms with Gasteiger partial charge in [0.15, 0.2) is 5.54 Å². The normalized spacial score (nSPS) is 18.3. The van der Waals surface area contributed by atoms with E-state index >= 15 is 0 Å². The van der Waals surface area contributed by atoms with Crippen LogP contribution in [0.2, 0.25) is 0 Å². The summed E-state index contributed by atoms with van der Waals surface area (Å²) >= 11 is 3.41. The quantitative estimate of drug-likeness (QED) is 0.496. The number of halogens is 1. The Labute approximate surface area is 172 Å². The third-order valence-corrected chi connectivity index (χ3v) is 4.94. The molecule has 7 heteroatoms. The fourth-order valence-corrected chi connectivity index (χ4v) is 3.20. The highest BCUT2D eigenvalue weighted by atomic mass is 79.9. The minimum absolute atomic E-state index is 0.0940. The second-order valence-electron chi connectivity index (χ2n) is 6.48. The molecule has 148 valence electrons. The van der Waals surface area contributed by atoms with Crippen LogP contribution in [0.4, 0.5) is 0 Å². The van der Waals surface area contributed by atoms with E-state index in [1.54, 1.807) is 0 Å². The number of aliphatic imine (C=N–C) groups is 1. The number of aliphatic hydroxyl groups is 1. The Morgan fingerprint density at radius 3 is 2.57 bits per heavy atom. The third kappa shape index (κ3) is 4.72. The summed E-state index contributed by atoms with van der Waals surface area (Å²) in [7, 11) is 1.36. The van der Waals surface area contributed by atoms with Gasteiger partial charge in [0.2, 0.25) is 5.90 Å². The van der Waals surface area contributed by atoms with Crippen molar-refractivity contribution in [2.75, 3.05) is 26.9 Å². The fraction of sp³-hybridized carbons (Fsp3) is 0.333. The van der Waals surface area contributed by atoms with E-state index in [4.69, 9.17) is 19.3 Å². The minimum atomic E-state index is -1.10. The summed E-state index contributed by atoms with van der Waals surface area (Å²) < 4.78 is 17.3. The highest BCUT2D eigenvalue weighted by Gasteiger charge is 2.45. The van der Waals surface area contributed by atoms with Crippen molar-refractivity contribution in [3.05, 3.63) is 64.1 Å². The number of esters is 1. The summed E-state index contributed by atoms with van der Waals surface area (Å²) in [5.74, 6) is 0.684. The SMILES string of the molecule is COC(=O)[C@@]1(Cc2ccc(Br)cc2)COC(c2ccc(OCCCO)cc2)=N1. The van der Waals surface area contributed by atoms with Gasteiger partial charge in [0.05, 0.1) is 13.7 Å². The molecule has 0 saturated heterocycles. The van der Waals surface area contributed by atoms with Crippen LogP contribution in [0.1, 0.15) is 17.5 Å². The van der Waals surface area contributed by atoms with Crippen LogP contribution >= 0.6 is 15.9 Å². The number of aliphatic hydroxyl groups excluding tert-OH is 1. The topological polar surface area (TPSA) is 77.4 Å². The standard InChI is InChI=1S/C21H22BrNO5/c1-26-20(25)21(13-15-3-7-17(22)8-4-15)14-28-19(23-21)16-5-9-18(10-6-16)27-12-2-11-24/h3-10,24H,2,11-14H2,1H3/t21-/m1/s1. The molecule has 0 amide bonds. The maximum Gasteiger partial charge on any atom is 0.337 e. The van der Waals surface area contributed by atoms with Crippen LogP contribution in [0.15, 0.2) is 58.0 Å². The maximum atomic E-state index is 12.5. The second kappa shape index (κ2) is 9.21. The Morgan fingerprint density at radius 2 is 1.93 bits per heavy atom. The predicted molar refractivity (Wildman–Crippen MR) is 109 cm³/mol. The molecular weight excluding hydrogens is 426 g/mol. The van der Waals surface area contributed by atoms with E-state index in [0.717, 1.165) is 15.6 Å². The largest absolute Gasteiger partial charge is 0.494 e.